The first-order chi connectivity index (χ1) is 7.95. The summed E-state index contributed by atoms with van der Waals surface area (Å²) in [5.74, 6) is -0.403. The first-order valence-corrected chi connectivity index (χ1v) is 6.10. The molecule has 0 aromatic heterocycles. The second kappa shape index (κ2) is 7.14. The molecular formula is C12H24N2O3. The van der Waals surface area contributed by atoms with Crippen LogP contribution in [-0.4, -0.2) is 42.6 Å². The standard InChI is InChI=1S/C12H24N2O3/c1-6-9-12(4,10(15)17-5)13-11(16)14(7-2)8-3/h6-9H2,1-5H3,(H,13,16). The summed E-state index contributed by atoms with van der Waals surface area (Å²) in [5, 5.41) is 2.76. The number of carbonyl (C=O) groups excluding carboxylic acids is 2. The molecule has 0 saturated carbocycles. The molecular weight excluding hydrogens is 220 g/mol. The number of hydrogen-bond donors (Lipinski definition) is 1. The zero-order chi connectivity index (χ0) is 13.5. The Kier molecular flexibility index (Phi) is 6.61. The van der Waals surface area contributed by atoms with Crippen molar-refractivity contribution in [2.24, 2.45) is 0 Å². The van der Waals surface area contributed by atoms with Crippen molar-refractivity contribution in [3.8, 4) is 0 Å². The SMILES string of the molecule is CCCC(C)(NC(=O)N(CC)CC)C(=O)OC. The molecule has 5 nitrogen and oxygen atoms in total. The molecule has 0 aromatic rings. The van der Waals surface area contributed by atoms with E-state index >= 15 is 0 Å². The number of nitrogens with one attached hydrogen (secondary N) is 1. The minimum absolute atomic E-state index is 0.226. The van der Waals surface area contributed by atoms with E-state index in [1.165, 1.54) is 7.11 Å². The van der Waals surface area contributed by atoms with Gasteiger partial charge in [-0.3, -0.25) is 0 Å². The molecule has 0 bridgehead atoms. The highest BCUT2D eigenvalue weighted by atomic mass is 16.5. The van der Waals surface area contributed by atoms with Crippen LogP contribution in [0, 0.1) is 0 Å². The molecule has 2 amide bonds. The Balaban J connectivity index is 4.75. The van der Waals surface area contributed by atoms with Crippen molar-refractivity contribution >= 4 is 12.0 Å². The third-order valence-corrected chi connectivity index (χ3v) is 2.82. The predicted molar refractivity (Wildman–Crippen MR) is 66.8 cm³/mol. The highest BCUT2D eigenvalue weighted by Crippen LogP contribution is 2.14. The van der Waals surface area contributed by atoms with E-state index in [0.29, 0.717) is 19.5 Å². The van der Waals surface area contributed by atoms with Crippen LogP contribution in [0.5, 0.6) is 0 Å². The smallest absolute Gasteiger partial charge is 0.331 e. The van der Waals surface area contributed by atoms with Crippen molar-refractivity contribution in [3.05, 3.63) is 0 Å². The molecule has 1 atom stereocenters. The Morgan fingerprint density at radius 3 is 2.12 bits per heavy atom. The molecule has 0 aromatic carbocycles. The molecule has 100 valence electrons. The topological polar surface area (TPSA) is 58.6 Å². The zero-order valence-corrected chi connectivity index (χ0v) is 11.5. The fourth-order valence-electron chi connectivity index (χ4n) is 1.77. The lowest BCUT2D eigenvalue weighted by Crippen LogP contribution is -2.56. The predicted octanol–water partition coefficient (Wildman–Crippen LogP) is 1.77. The van der Waals surface area contributed by atoms with E-state index in [1.54, 1.807) is 11.8 Å². The first kappa shape index (κ1) is 15.7. The van der Waals surface area contributed by atoms with Gasteiger partial charge in [0, 0.05) is 13.1 Å². The Labute approximate surface area is 103 Å². The summed E-state index contributed by atoms with van der Waals surface area (Å²) in [7, 11) is 1.33. The van der Waals surface area contributed by atoms with E-state index in [1.807, 2.05) is 20.8 Å². The van der Waals surface area contributed by atoms with Gasteiger partial charge in [0.05, 0.1) is 7.11 Å². The monoisotopic (exact) mass is 244 g/mol. The van der Waals surface area contributed by atoms with E-state index in [9.17, 15) is 9.59 Å². The summed E-state index contributed by atoms with van der Waals surface area (Å²) < 4.78 is 4.74. The first-order valence-electron chi connectivity index (χ1n) is 6.10. The van der Waals surface area contributed by atoms with Gasteiger partial charge in [-0.2, -0.15) is 0 Å². The van der Waals surface area contributed by atoms with Crippen molar-refractivity contribution in [1.82, 2.24) is 10.2 Å². The fourth-order valence-corrected chi connectivity index (χ4v) is 1.77. The molecule has 0 heterocycles. The molecule has 1 unspecified atom stereocenters. The quantitative estimate of drug-likeness (QED) is 0.724. The van der Waals surface area contributed by atoms with Crippen molar-refractivity contribution < 1.29 is 14.3 Å². The van der Waals surface area contributed by atoms with Crippen LogP contribution >= 0.6 is 0 Å². The molecule has 0 aliphatic rings. The van der Waals surface area contributed by atoms with Gasteiger partial charge in [0.1, 0.15) is 5.54 Å². The van der Waals surface area contributed by atoms with E-state index in [-0.39, 0.29) is 6.03 Å². The molecule has 5 heteroatoms. The number of methoxy groups -OCH3 is 1. The lowest BCUT2D eigenvalue weighted by Gasteiger charge is -2.30. The molecule has 0 aliphatic carbocycles. The molecule has 0 rings (SSSR count). The van der Waals surface area contributed by atoms with Crippen LogP contribution in [0.4, 0.5) is 4.79 Å². The number of ether oxygens (including phenoxy) is 1. The third-order valence-electron chi connectivity index (χ3n) is 2.82. The molecule has 1 N–H and O–H groups in total. The second-order valence-corrected chi connectivity index (χ2v) is 4.18. The molecule has 0 aliphatic heterocycles. The fraction of sp³-hybridized carbons (Fsp3) is 0.833. The van der Waals surface area contributed by atoms with Crippen LogP contribution in [-0.2, 0) is 9.53 Å². The van der Waals surface area contributed by atoms with Crippen LogP contribution < -0.4 is 5.32 Å². The minimum Gasteiger partial charge on any atom is -0.467 e. The maximum Gasteiger partial charge on any atom is 0.331 e. The lowest BCUT2D eigenvalue weighted by molar-refractivity contribution is -0.147. The Morgan fingerprint density at radius 2 is 1.76 bits per heavy atom. The maximum absolute atomic E-state index is 11.9. The van der Waals surface area contributed by atoms with Crippen molar-refractivity contribution in [2.45, 2.75) is 46.1 Å². The summed E-state index contributed by atoms with van der Waals surface area (Å²) in [4.78, 5) is 25.3. The van der Waals surface area contributed by atoms with E-state index in [0.717, 1.165) is 6.42 Å². The third kappa shape index (κ3) is 4.24. The van der Waals surface area contributed by atoms with Gasteiger partial charge < -0.3 is 15.0 Å². The van der Waals surface area contributed by atoms with Crippen LogP contribution in [0.2, 0.25) is 0 Å². The van der Waals surface area contributed by atoms with Crippen molar-refractivity contribution in [3.63, 3.8) is 0 Å². The van der Waals surface area contributed by atoms with Crippen LogP contribution in [0.3, 0.4) is 0 Å². The summed E-state index contributed by atoms with van der Waals surface area (Å²) in [6.07, 6.45) is 1.36. The van der Waals surface area contributed by atoms with E-state index in [4.69, 9.17) is 4.74 Å². The van der Waals surface area contributed by atoms with Gasteiger partial charge in [-0.25, -0.2) is 9.59 Å². The molecule has 0 spiro atoms. The van der Waals surface area contributed by atoms with Gasteiger partial charge in [0.15, 0.2) is 0 Å². The second-order valence-electron chi connectivity index (χ2n) is 4.18. The summed E-state index contributed by atoms with van der Waals surface area (Å²) in [6, 6.07) is -0.226. The number of rotatable bonds is 6. The summed E-state index contributed by atoms with van der Waals surface area (Å²) >= 11 is 0. The van der Waals surface area contributed by atoms with Gasteiger partial charge >= 0.3 is 12.0 Å². The number of hydrogen-bond acceptors (Lipinski definition) is 3. The Hall–Kier alpha value is -1.26. The zero-order valence-electron chi connectivity index (χ0n) is 11.5. The van der Waals surface area contributed by atoms with Gasteiger partial charge in [0.2, 0.25) is 0 Å². The lowest BCUT2D eigenvalue weighted by atomic mass is 9.96. The average Bonchev–Trinajstić information content (AvgIpc) is 2.29. The van der Waals surface area contributed by atoms with E-state index < -0.39 is 11.5 Å². The van der Waals surface area contributed by atoms with Crippen LogP contribution in [0.1, 0.15) is 40.5 Å². The normalized spacial score (nSPS) is 13.7. The highest BCUT2D eigenvalue weighted by Gasteiger charge is 2.35. The molecule has 0 radical (unpaired) electrons. The molecule has 0 saturated heterocycles. The maximum atomic E-state index is 11.9. The van der Waals surface area contributed by atoms with Crippen LogP contribution in [0.15, 0.2) is 0 Å². The average molecular weight is 244 g/mol. The summed E-state index contributed by atoms with van der Waals surface area (Å²) in [6.45, 7) is 8.70. The summed E-state index contributed by atoms with van der Waals surface area (Å²) in [5.41, 5.74) is -0.941. The van der Waals surface area contributed by atoms with Crippen molar-refractivity contribution in [1.29, 1.82) is 0 Å². The number of esters is 1. The van der Waals surface area contributed by atoms with Crippen LogP contribution in [0.25, 0.3) is 0 Å². The Morgan fingerprint density at radius 1 is 1.24 bits per heavy atom. The van der Waals surface area contributed by atoms with Gasteiger partial charge in [-0.05, 0) is 27.2 Å². The highest BCUT2D eigenvalue weighted by molar-refractivity contribution is 5.87. The van der Waals surface area contributed by atoms with Crippen molar-refractivity contribution in [2.75, 3.05) is 20.2 Å². The minimum atomic E-state index is -0.941. The van der Waals surface area contributed by atoms with Gasteiger partial charge in [-0.15, -0.1) is 0 Å². The van der Waals surface area contributed by atoms with E-state index in [2.05, 4.69) is 5.32 Å². The number of amides is 2. The number of nitrogens with zero attached hydrogens (tertiary/aromatic N) is 1. The Bertz CT molecular complexity index is 264. The largest absolute Gasteiger partial charge is 0.467 e. The molecule has 17 heavy (non-hydrogen) atoms. The molecule has 0 fully saturated rings. The number of carbonyl (C=O) groups is 2. The number of urea groups is 1. The van der Waals surface area contributed by atoms with Gasteiger partial charge in [-0.1, -0.05) is 13.3 Å². The van der Waals surface area contributed by atoms with Gasteiger partial charge in [0.25, 0.3) is 0 Å².